The summed E-state index contributed by atoms with van der Waals surface area (Å²) in [6, 6.07) is 7.73. The number of nitrogens with one attached hydrogen (secondary N) is 1. The van der Waals surface area contributed by atoms with Crippen molar-refractivity contribution in [3.63, 3.8) is 0 Å². The van der Waals surface area contributed by atoms with Crippen LogP contribution in [0.3, 0.4) is 0 Å². The fourth-order valence-electron chi connectivity index (χ4n) is 1.22. The normalized spacial score (nSPS) is 9.73. The minimum Gasteiger partial charge on any atom is -0.494 e. The van der Waals surface area contributed by atoms with Gasteiger partial charge in [-0.15, -0.1) is 0 Å². The van der Waals surface area contributed by atoms with Crippen molar-refractivity contribution < 1.29 is 9.53 Å². The van der Waals surface area contributed by atoms with Gasteiger partial charge in [0.2, 0.25) is 0 Å². The Hall–Kier alpha value is -1.51. The number of ketones is 1. The van der Waals surface area contributed by atoms with Crippen LogP contribution in [0.25, 0.3) is 0 Å². The molecule has 0 bridgehead atoms. The van der Waals surface area contributed by atoms with E-state index >= 15 is 0 Å². The van der Waals surface area contributed by atoms with Crippen molar-refractivity contribution in [3.8, 4) is 5.75 Å². The molecular formula is C12H17NO2. The van der Waals surface area contributed by atoms with Gasteiger partial charge in [-0.2, -0.15) is 0 Å². The molecule has 0 saturated heterocycles. The number of anilines is 1. The van der Waals surface area contributed by atoms with Crippen LogP contribution in [0.5, 0.6) is 5.75 Å². The molecule has 1 rings (SSSR count). The Labute approximate surface area is 90.4 Å². The lowest BCUT2D eigenvalue weighted by Gasteiger charge is -2.06. The monoisotopic (exact) mass is 207 g/mol. The predicted molar refractivity (Wildman–Crippen MR) is 61.4 cm³/mol. The van der Waals surface area contributed by atoms with Gasteiger partial charge in [-0.25, -0.2) is 0 Å². The predicted octanol–water partition coefficient (Wildman–Crippen LogP) is 2.48. The molecule has 1 N–H and O–H groups in total. The van der Waals surface area contributed by atoms with E-state index < -0.39 is 0 Å². The summed E-state index contributed by atoms with van der Waals surface area (Å²) in [5.74, 6) is 1.07. The highest BCUT2D eigenvalue weighted by Gasteiger charge is 1.95. The maximum absolute atomic E-state index is 10.7. The Bertz CT molecular complexity index is 306. The summed E-state index contributed by atoms with van der Waals surface area (Å²) in [4.78, 5) is 10.7. The highest BCUT2D eigenvalue weighted by molar-refractivity contribution is 5.76. The number of hydrogen-bond donors (Lipinski definition) is 1. The Kier molecular flexibility index (Phi) is 4.68. The number of Topliss-reactive ketones (excluding diaryl/α,β-unsaturated/α-hetero) is 1. The van der Waals surface area contributed by atoms with Gasteiger partial charge < -0.3 is 10.1 Å². The van der Waals surface area contributed by atoms with E-state index in [-0.39, 0.29) is 5.78 Å². The van der Waals surface area contributed by atoms with Gasteiger partial charge in [0.25, 0.3) is 0 Å². The van der Waals surface area contributed by atoms with Gasteiger partial charge in [-0.05, 0) is 38.1 Å². The largest absolute Gasteiger partial charge is 0.494 e. The van der Waals surface area contributed by atoms with E-state index in [1.165, 1.54) is 0 Å². The fourth-order valence-corrected chi connectivity index (χ4v) is 1.22. The van der Waals surface area contributed by atoms with Crippen LogP contribution in [0, 0.1) is 0 Å². The van der Waals surface area contributed by atoms with Gasteiger partial charge in [0, 0.05) is 18.7 Å². The Morgan fingerprint density at radius 1 is 1.33 bits per heavy atom. The van der Waals surface area contributed by atoms with Gasteiger partial charge in [-0.1, -0.05) is 0 Å². The second kappa shape index (κ2) is 6.06. The molecule has 0 aromatic heterocycles. The van der Waals surface area contributed by atoms with Gasteiger partial charge in [0.05, 0.1) is 6.61 Å². The molecule has 0 radical (unpaired) electrons. The van der Waals surface area contributed by atoms with E-state index in [0.717, 1.165) is 11.4 Å². The van der Waals surface area contributed by atoms with Crippen LogP contribution in [-0.4, -0.2) is 18.9 Å². The zero-order chi connectivity index (χ0) is 11.1. The summed E-state index contributed by atoms with van der Waals surface area (Å²) in [5.41, 5.74) is 1.01. The standard InChI is InChI=1S/C12H17NO2/c1-3-15-12-6-4-11(5-7-12)13-9-8-10(2)14/h4-7,13H,3,8-9H2,1-2H3. The minimum absolute atomic E-state index is 0.202. The lowest BCUT2D eigenvalue weighted by atomic mass is 10.2. The van der Waals surface area contributed by atoms with Gasteiger partial charge >= 0.3 is 0 Å². The molecule has 0 atom stereocenters. The van der Waals surface area contributed by atoms with Crippen molar-refractivity contribution >= 4 is 11.5 Å². The average Bonchev–Trinajstić information content (AvgIpc) is 2.20. The van der Waals surface area contributed by atoms with Crippen LogP contribution in [-0.2, 0) is 4.79 Å². The van der Waals surface area contributed by atoms with Gasteiger partial charge in [0.15, 0.2) is 0 Å². The summed E-state index contributed by atoms with van der Waals surface area (Å²) in [6.45, 7) is 4.92. The quantitative estimate of drug-likeness (QED) is 0.778. The smallest absolute Gasteiger partial charge is 0.131 e. The number of rotatable bonds is 6. The molecule has 0 amide bonds. The molecule has 0 heterocycles. The van der Waals surface area contributed by atoms with Crippen LogP contribution in [0.4, 0.5) is 5.69 Å². The first kappa shape index (κ1) is 11.6. The molecule has 1 aromatic carbocycles. The fraction of sp³-hybridized carbons (Fsp3) is 0.417. The van der Waals surface area contributed by atoms with E-state index in [4.69, 9.17) is 4.74 Å². The van der Waals surface area contributed by atoms with E-state index in [9.17, 15) is 4.79 Å². The third-order valence-corrected chi connectivity index (χ3v) is 1.97. The van der Waals surface area contributed by atoms with Crippen molar-refractivity contribution in [3.05, 3.63) is 24.3 Å². The number of carbonyl (C=O) groups is 1. The van der Waals surface area contributed by atoms with E-state index in [1.54, 1.807) is 6.92 Å². The average molecular weight is 207 g/mol. The van der Waals surface area contributed by atoms with Crippen molar-refractivity contribution in [1.29, 1.82) is 0 Å². The molecular weight excluding hydrogens is 190 g/mol. The lowest BCUT2D eigenvalue weighted by Crippen LogP contribution is -2.05. The molecule has 0 saturated carbocycles. The number of ether oxygens (including phenoxy) is 1. The summed E-state index contributed by atoms with van der Waals surface area (Å²) in [5, 5.41) is 3.17. The Morgan fingerprint density at radius 3 is 2.53 bits per heavy atom. The number of carbonyl (C=O) groups excluding carboxylic acids is 1. The zero-order valence-corrected chi connectivity index (χ0v) is 9.25. The third-order valence-electron chi connectivity index (χ3n) is 1.97. The molecule has 0 aliphatic rings. The summed E-state index contributed by atoms with van der Waals surface area (Å²) in [7, 11) is 0. The molecule has 0 spiro atoms. The van der Waals surface area contributed by atoms with Crippen LogP contribution in [0.15, 0.2) is 24.3 Å². The minimum atomic E-state index is 0.202. The maximum atomic E-state index is 10.7. The maximum Gasteiger partial charge on any atom is 0.131 e. The van der Waals surface area contributed by atoms with Crippen LogP contribution in [0.2, 0.25) is 0 Å². The molecule has 82 valence electrons. The first-order valence-electron chi connectivity index (χ1n) is 5.18. The van der Waals surface area contributed by atoms with E-state index in [2.05, 4.69) is 5.32 Å². The number of benzene rings is 1. The van der Waals surface area contributed by atoms with E-state index in [1.807, 2.05) is 31.2 Å². The summed E-state index contributed by atoms with van der Waals surface area (Å²) in [6.07, 6.45) is 0.563. The molecule has 15 heavy (non-hydrogen) atoms. The van der Waals surface area contributed by atoms with Crippen LogP contribution >= 0.6 is 0 Å². The molecule has 0 fully saturated rings. The Morgan fingerprint density at radius 2 is 2.00 bits per heavy atom. The first-order chi connectivity index (χ1) is 7.22. The molecule has 3 heteroatoms. The van der Waals surface area contributed by atoms with Crippen molar-refractivity contribution in [2.75, 3.05) is 18.5 Å². The topological polar surface area (TPSA) is 38.3 Å². The highest BCUT2D eigenvalue weighted by Crippen LogP contribution is 2.15. The van der Waals surface area contributed by atoms with Gasteiger partial charge in [-0.3, -0.25) is 4.79 Å². The van der Waals surface area contributed by atoms with Crippen LogP contribution in [0.1, 0.15) is 20.3 Å². The number of hydrogen-bond acceptors (Lipinski definition) is 3. The second-order valence-corrected chi connectivity index (χ2v) is 3.34. The van der Waals surface area contributed by atoms with Crippen LogP contribution < -0.4 is 10.1 Å². The van der Waals surface area contributed by atoms with Gasteiger partial charge in [0.1, 0.15) is 11.5 Å². The Balaban J connectivity index is 2.39. The highest BCUT2D eigenvalue weighted by atomic mass is 16.5. The lowest BCUT2D eigenvalue weighted by molar-refractivity contribution is -0.116. The van der Waals surface area contributed by atoms with Crippen molar-refractivity contribution in [1.82, 2.24) is 0 Å². The third kappa shape index (κ3) is 4.49. The molecule has 0 unspecified atom stereocenters. The molecule has 0 aliphatic carbocycles. The first-order valence-corrected chi connectivity index (χ1v) is 5.18. The SMILES string of the molecule is CCOc1ccc(NCCC(C)=O)cc1. The summed E-state index contributed by atoms with van der Waals surface area (Å²) < 4.78 is 5.32. The molecule has 0 aliphatic heterocycles. The summed E-state index contributed by atoms with van der Waals surface area (Å²) >= 11 is 0. The second-order valence-electron chi connectivity index (χ2n) is 3.34. The van der Waals surface area contributed by atoms with Crippen molar-refractivity contribution in [2.24, 2.45) is 0 Å². The van der Waals surface area contributed by atoms with Crippen molar-refractivity contribution in [2.45, 2.75) is 20.3 Å². The van der Waals surface area contributed by atoms with E-state index in [0.29, 0.717) is 19.6 Å². The molecule has 1 aromatic rings. The molecule has 3 nitrogen and oxygen atoms in total. The zero-order valence-electron chi connectivity index (χ0n) is 9.25.